The lowest BCUT2D eigenvalue weighted by molar-refractivity contribution is -0.160. The van der Waals surface area contributed by atoms with Gasteiger partial charge in [0.25, 0.3) is 5.91 Å². The second-order valence-electron chi connectivity index (χ2n) is 9.15. The Hall–Kier alpha value is -2.94. The molecule has 1 heterocycles. The second kappa shape index (κ2) is 14.5. The average Bonchev–Trinajstić information content (AvgIpc) is 3.34. The van der Waals surface area contributed by atoms with Crippen LogP contribution in [0.1, 0.15) is 76.7 Å². The molecule has 1 aromatic rings. The zero-order valence-electron chi connectivity index (χ0n) is 20.7. The van der Waals surface area contributed by atoms with E-state index in [4.69, 9.17) is 5.73 Å². The molecule has 0 aliphatic carbocycles. The van der Waals surface area contributed by atoms with Gasteiger partial charge >= 0.3 is 5.97 Å². The van der Waals surface area contributed by atoms with Gasteiger partial charge in [-0.2, -0.15) is 0 Å². The van der Waals surface area contributed by atoms with Crippen LogP contribution in [-0.2, 0) is 25.6 Å². The van der Waals surface area contributed by atoms with Crippen LogP contribution in [0.2, 0.25) is 0 Å². The summed E-state index contributed by atoms with van der Waals surface area (Å²) in [6, 6.07) is 3.55. The van der Waals surface area contributed by atoms with Gasteiger partial charge in [-0.05, 0) is 37.0 Å². The van der Waals surface area contributed by atoms with Gasteiger partial charge in [0.15, 0.2) is 0 Å². The maximum absolute atomic E-state index is 13.5. The highest BCUT2D eigenvalue weighted by atomic mass is 16.4. The van der Waals surface area contributed by atoms with Crippen molar-refractivity contribution in [2.24, 2.45) is 5.73 Å². The van der Waals surface area contributed by atoms with Gasteiger partial charge in [0.2, 0.25) is 11.8 Å². The van der Waals surface area contributed by atoms with Crippen molar-refractivity contribution in [2.75, 3.05) is 13.1 Å². The van der Waals surface area contributed by atoms with Crippen LogP contribution in [-0.4, -0.2) is 68.9 Å². The predicted octanol–water partition coefficient (Wildman–Crippen LogP) is 2.83. The summed E-state index contributed by atoms with van der Waals surface area (Å²) >= 11 is 0. The first-order valence-corrected chi connectivity index (χ1v) is 12.7. The fraction of sp³-hybridized carbons (Fsp3) is 0.615. The number of hydrogen-bond acceptors (Lipinski definition) is 6. The molecule has 1 fully saturated rings. The summed E-state index contributed by atoms with van der Waals surface area (Å²) in [7, 11) is 0. The molecule has 35 heavy (non-hydrogen) atoms. The molecular weight excluding hydrogens is 450 g/mol. The third-order valence-electron chi connectivity index (χ3n) is 6.50. The number of phenols is 1. The first-order valence-electron chi connectivity index (χ1n) is 12.7. The molecule has 0 spiro atoms. The Balaban J connectivity index is 2.09. The smallest absolute Gasteiger partial charge is 0.327 e. The Morgan fingerprint density at radius 1 is 1.06 bits per heavy atom. The third-order valence-corrected chi connectivity index (χ3v) is 6.50. The van der Waals surface area contributed by atoms with Crippen LogP contribution in [0.4, 0.5) is 0 Å². The molecule has 1 aliphatic rings. The molecule has 1 aliphatic heterocycles. The lowest BCUT2D eigenvalue weighted by Gasteiger charge is -2.32. The van der Waals surface area contributed by atoms with Crippen molar-refractivity contribution in [2.45, 2.75) is 89.6 Å². The fourth-order valence-corrected chi connectivity index (χ4v) is 4.55. The zero-order chi connectivity index (χ0) is 25.8. The van der Waals surface area contributed by atoms with Gasteiger partial charge in [-0.1, -0.05) is 57.6 Å². The van der Waals surface area contributed by atoms with E-state index in [2.05, 4.69) is 6.92 Å². The number of aromatic hydroxyl groups is 1. The number of amides is 3. The number of carboxylic acid groups (broad SMARTS) is 1. The number of rotatable bonds is 14. The summed E-state index contributed by atoms with van der Waals surface area (Å²) in [5, 5.41) is 19.4. The number of hydrogen-bond donors (Lipinski definition) is 3. The molecule has 2 rings (SSSR count). The zero-order valence-corrected chi connectivity index (χ0v) is 20.7. The minimum absolute atomic E-state index is 0.0210. The molecule has 194 valence electrons. The molecule has 9 heteroatoms. The summed E-state index contributed by atoms with van der Waals surface area (Å²) in [5.41, 5.74) is 6.07. The van der Waals surface area contributed by atoms with Gasteiger partial charge in [0, 0.05) is 19.4 Å². The topological polar surface area (TPSA) is 141 Å². The minimum Gasteiger partial charge on any atom is -0.508 e. The monoisotopic (exact) mass is 489 g/mol. The molecule has 0 radical (unpaired) electrons. The normalized spacial score (nSPS) is 16.2. The molecule has 2 atom stereocenters. The van der Waals surface area contributed by atoms with E-state index in [1.807, 2.05) is 0 Å². The Labute approximate surface area is 207 Å². The van der Waals surface area contributed by atoms with Crippen molar-refractivity contribution in [3.05, 3.63) is 29.8 Å². The number of aliphatic carboxylic acids is 1. The first-order chi connectivity index (χ1) is 16.8. The standard InChI is InChI=1S/C26H39N3O6/c1-2-3-4-5-6-7-8-11-23(31)28-16-9-10-21(28)25(33)29(24(32)18-27)22(26(34)35)17-19-12-14-20(30)15-13-19/h12-15,21-22,30H,2-11,16-18,27H2,1H3,(H,34,35)/t21-,22-/m0/s1. The van der Waals surface area contributed by atoms with Crippen molar-refractivity contribution in [3.63, 3.8) is 0 Å². The Morgan fingerprint density at radius 2 is 1.69 bits per heavy atom. The molecular formula is C26H39N3O6. The van der Waals surface area contributed by atoms with Gasteiger partial charge < -0.3 is 20.8 Å². The summed E-state index contributed by atoms with van der Waals surface area (Å²) in [6.07, 6.45) is 8.72. The number of carbonyl (C=O) groups excluding carboxylic acids is 3. The van der Waals surface area contributed by atoms with E-state index in [1.165, 1.54) is 48.4 Å². The van der Waals surface area contributed by atoms with Gasteiger partial charge in [-0.25, -0.2) is 4.79 Å². The summed E-state index contributed by atoms with van der Waals surface area (Å²) in [4.78, 5) is 53.4. The van der Waals surface area contributed by atoms with Crippen molar-refractivity contribution in [1.29, 1.82) is 0 Å². The fourth-order valence-electron chi connectivity index (χ4n) is 4.55. The van der Waals surface area contributed by atoms with Crippen LogP contribution in [0.15, 0.2) is 24.3 Å². The number of unbranched alkanes of at least 4 members (excludes halogenated alkanes) is 6. The quantitative estimate of drug-likeness (QED) is 0.341. The maximum atomic E-state index is 13.5. The van der Waals surface area contributed by atoms with Crippen LogP contribution < -0.4 is 5.73 Å². The van der Waals surface area contributed by atoms with E-state index in [0.29, 0.717) is 31.4 Å². The molecule has 0 saturated carbocycles. The SMILES string of the molecule is CCCCCCCCCC(=O)N1CCC[C@H]1C(=O)N(C(=O)CN)[C@@H](Cc1ccc(O)cc1)C(=O)O. The van der Waals surface area contributed by atoms with Crippen LogP contribution >= 0.6 is 0 Å². The third kappa shape index (κ3) is 8.35. The Kier molecular flexibility index (Phi) is 11.7. The van der Waals surface area contributed by atoms with E-state index >= 15 is 0 Å². The van der Waals surface area contributed by atoms with E-state index in [1.54, 1.807) is 0 Å². The molecule has 1 saturated heterocycles. The van der Waals surface area contributed by atoms with E-state index in [9.17, 15) is 29.4 Å². The van der Waals surface area contributed by atoms with Crippen LogP contribution in [0.5, 0.6) is 5.75 Å². The van der Waals surface area contributed by atoms with E-state index in [-0.39, 0.29) is 18.1 Å². The molecule has 0 bridgehead atoms. The van der Waals surface area contributed by atoms with Crippen LogP contribution in [0.3, 0.4) is 0 Å². The summed E-state index contributed by atoms with van der Waals surface area (Å²) in [6.45, 7) is 2.05. The average molecular weight is 490 g/mol. The minimum atomic E-state index is -1.47. The van der Waals surface area contributed by atoms with Gasteiger partial charge in [0.1, 0.15) is 17.8 Å². The lowest BCUT2D eigenvalue weighted by atomic mass is 10.0. The Bertz CT molecular complexity index is 857. The summed E-state index contributed by atoms with van der Waals surface area (Å²) in [5.74, 6) is -2.95. The number of benzene rings is 1. The van der Waals surface area contributed by atoms with Crippen LogP contribution in [0.25, 0.3) is 0 Å². The number of carbonyl (C=O) groups is 4. The number of nitrogens with zero attached hydrogens (tertiary/aromatic N) is 2. The van der Waals surface area contributed by atoms with Crippen molar-refractivity contribution in [3.8, 4) is 5.75 Å². The largest absolute Gasteiger partial charge is 0.508 e. The highest BCUT2D eigenvalue weighted by Crippen LogP contribution is 2.24. The van der Waals surface area contributed by atoms with Crippen molar-refractivity contribution in [1.82, 2.24) is 9.80 Å². The van der Waals surface area contributed by atoms with E-state index in [0.717, 1.165) is 30.6 Å². The molecule has 3 amide bonds. The molecule has 0 aromatic heterocycles. The molecule has 4 N–H and O–H groups in total. The van der Waals surface area contributed by atoms with Crippen molar-refractivity contribution >= 4 is 23.7 Å². The lowest BCUT2D eigenvalue weighted by Crippen LogP contribution is -2.57. The molecule has 1 aromatic carbocycles. The van der Waals surface area contributed by atoms with Gasteiger partial charge in [0.05, 0.1) is 6.54 Å². The number of imide groups is 1. The first kappa shape index (κ1) is 28.3. The Morgan fingerprint density at radius 3 is 2.29 bits per heavy atom. The summed E-state index contributed by atoms with van der Waals surface area (Å²) < 4.78 is 0. The number of nitrogens with two attached hydrogens (primary N) is 1. The van der Waals surface area contributed by atoms with Gasteiger partial charge in [-0.15, -0.1) is 0 Å². The maximum Gasteiger partial charge on any atom is 0.327 e. The molecule has 9 nitrogen and oxygen atoms in total. The van der Waals surface area contributed by atoms with Crippen molar-refractivity contribution < 1.29 is 29.4 Å². The second-order valence-corrected chi connectivity index (χ2v) is 9.15. The number of carboxylic acids is 1. The number of phenolic OH excluding ortho intramolecular Hbond substituents is 1. The highest BCUT2D eigenvalue weighted by Gasteiger charge is 2.42. The van der Waals surface area contributed by atoms with Crippen LogP contribution in [0, 0.1) is 0 Å². The molecule has 0 unspecified atom stereocenters. The van der Waals surface area contributed by atoms with E-state index < -0.39 is 36.4 Å². The van der Waals surface area contributed by atoms with Gasteiger partial charge in [-0.3, -0.25) is 19.3 Å². The predicted molar refractivity (Wildman–Crippen MR) is 131 cm³/mol. The highest BCUT2D eigenvalue weighted by molar-refractivity contribution is 6.03. The number of likely N-dealkylation sites (tertiary alicyclic amines) is 1.